The maximum atomic E-state index is 12.8. The number of carbonyl (C=O) groups excluding carboxylic acids is 1. The molecule has 12 nitrogen and oxygen atoms in total. The fourth-order valence-electron chi connectivity index (χ4n) is 6.74. The summed E-state index contributed by atoms with van der Waals surface area (Å²) in [6.07, 6.45) is 25.5. The topological polar surface area (TPSA) is 192 Å². The minimum atomic E-state index is -5.01. The normalized spacial score (nSPS) is 23.2. The number of aliphatic hydroxyl groups excluding tert-OH is 5. The molecule has 330 valence electrons. The molecular formula is C43H81O12P. The van der Waals surface area contributed by atoms with E-state index in [1.807, 2.05) is 0 Å². The monoisotopic (exact) mass is 821 g/mol. The molecule has 0 aromatic heterocycles. The Hall–Kier alpha value is -1.18. The van der Waals surface area contributed by atoms with Crippen LogP contribution in [0.25, 0.3) is 0 Å². The highest BCUT2D eigenvalue weighted by atomic mass is 31.2. The molecule has 1 fully saturated rings. The van der Waals surface area contributed by atoms with E-state index in [9.17, 15) is 39.8 Å². The molecule has 6 unspecified atom stereocenters. The zero-order valence-electron chi connectivity index (χ0n) is 34.9. The third-order valence-electron chi connectivity index (χ3n) is 10.3. The molecule has 0 radical (unpaired) electrons. The molecule has 0 aliphatic heterocycles. The van der Waals surface area contributed by atoms with Crippen molar-refractivity contribution in [2.45, 2.75) is 224 Å². The van der Waals surface area contributed by atoms with Gasteiger partial charge in [-0.1, -0.05) is 154 Å². The van der Waals surface area contributed by atoms with Gasteiger partial charge in [0.1, 0.15) is 42.7 Å². The van der Waals surface area contributed by atoms with Crippen molar-refractivity contribution < 1.29 is 58.3 Å². The highest BCUT2D eigenvalue weighted by molar-refractivity contribution is 7.47. The summed E-state index contributed by atoms with van der Waals surface area (Å²) in [5.74, 6) is -0.481. The van der Waals surface area contributed by atoms with Crippen molar-refractivity contribution in [3.8, 4) is 0 Å². The first-order chi connectivity index (χ1) is 27.0. The summed E-state index contributed by atoms with van der Waals surface area (Å²) in [7, 11) is -5.01. The second-order valence-corrected chi connectivity index (χ2v) is 17.0. The van der Waals surface area contributed by atoms with Crippen LogP contribution in [-0.2, 0) is 27.9 Å². The third kappa shape index (κ3) is 26.7. The fraction of sp³-hybridized carbons (Fsp3) is 0.884. The van der Waals surface area contributed by atoms with E-state index in [0.29, 0.717) is 13.0 Å². The average molecular weight is 821 g/mol. The van der Waals surface area contributed by atoms with Crippen LogP contribution in [0.4, 0.5) is 0 Å². The molecule has 1 rings (SSSR count). The minimum Gasteiger partial charge on any atom is -0.457 e. The molecule has 56 heavy (non-hydrogen) atoms. The predicted molar refractivity (Wildman–Crippen MR) is 221 cm³/mol. The van der Waals surface area contributed by atoms with Gasteiger partial charge in [0, 0.05) is 13.0 Å². The first kappa shape index (κ1) is 52.8. The number of carbonyl (C=O) groups is 1. The number of hydrogen-bond acceptors (Lipinski definition) is 11. The van der Waals surface area contributed by atoms with Crippen molar-refractivity contribution in [1.29, 1.82) is 0 Å². The molecule has 13 heteroatoms. The van der Waals surface area contributed by atoms with Crippen LogP contribution in [0, 0.1) is 0 Å². The number of esters is 1. The van der Waals surface area contributed by atoms with Crippen LogP contribution < -0.4 is 0 Å². The lowest BCUT2D eigenvalue weighted by atomic mass is 9.85. The first-order valence-electron chi connectivity index (χ1n) is 22.2. The fourth-order valence-corrected chi connectivity index (χ4v) is 7.71. The van der Waals surface area contributed by atoms with Crippen molar-refractivity contribution >= 4 is 13.8 Å². The number of phosphoric acid groups is 1. The van der Waals surface area contributed by atoms with Gasteiger partial charge in [0.05, 0.1) is 13.2 Å². The molecule has 0 bridgehead atoms. The van der Waals surface area contributed by atoms with Crippen molar-refractivity contribution in [2.75, 3.05) is 19.8 Å². The van der Waals surface area contributed by atoms with Crippen LogP contribution >= 0.6 is 7.82 Å². The highest BCUT2D eigenvalue weighted by Gasteiger charge is 2.51. The summed E-state index contributed by atoms with van der Waals surface area (Å²) < 4.78 is 34.1. The van der Waals surface area contributed by atoms with E-state index in [0.717, 1.165) is 44.9 Å². The number of ether oxygens (including phenoxy) is 2. The molecule has 0 saturated heterocycles. The smallest absolute Gasteiger partial charge is 0.457 e. The van der Waals surface area contributed by atoms with Gasteiger partial charge in [0.25, 0.3) is 0 Å². The second kappa shape index (κ2) is 34.7. The van der Waals surface area contributed by atoms with Crippen molar-refractivity contribution in [1.82, 2.24) is 0 Å². The predicted octanol–water partition coefficient (Wildman–Crippen LogP) is 8.53. The molecule has 1 aliphatic rings. The SMILES string of the molecule is CCCCC/C=C\C/C=C\CCCCCCCCCCCCOCC(COP(=O)(O)OC1C(O)C(O)C(O)C(O)C1O)OC(=O)CCCCCCCCCCC. The average Bonchev–Trinajstić information content (AvgIpc) is 3.18. The van der Waals surface area contributed by atoms with E-state index in [2.05, 4.69) is 38.2 Å². The Morgan fingerprint density at radius 3 is 1.54 bits per heavy atom. The van der Waals surface area contributed by atoms with Gasteiger partial charge >= 0.3 is 13.8 Å². The van der Waals surface area contributed by atoms with Gasteiger partial charge in [0.15, 0.2) is 0 Å². The number of hydrogen-bond donors (Lipinski definition) is 6. The summed E-state index contributed by atoms with van der Waals surface area (Å²) in [6.45, 7) is 4.20. The van der Waals surface area contributed by atoms with Crippen LogP contribution in [0.2, 0.25) is 0 Å². The van der Waals surface area contributed by atoms with Crippen molar-refractivity contribution in [3.05, 3.63) is 24.3 Å². The maximum absolute atomic E-state index is 12.8. The van der Waals surface area contributed by atoms with E-state index in [1.165, 1.54) is 109 Å². The Kier molecular flexibility index (Phi) is 32.7. The largest absolute Gasteiger partial charge is 0.472 e. The molecule has 0 spiro atoms. The molecule has 6 N–H and O–H groups in total. The van der Waals surface area contributed by atoms with Crippen LogP contribution in [0.5, 0.6) is 0 Å². The molecule has 1 saturated carbocycles. The Bertz CT molecular complexity index is 1030. The summed E-state index contributed by atoms with van der Waals surface area (Å²) >= 11 is 0. The highest BCUT2D eigenvalue weighted by Crippen LogP contribution is 2.47. The summed E-state index contributed by atoms with van der Waals surface area (Å²) in [5.41, 5.74) is 0. The van der Waals surface area contributed by atoms with Gasteiger partial charge in [-0.15, -0.1) is 0 Å². The lowest BCUT2D eigenvalue weighted by Crippen LogP contribution is -2.64. The van der Waals surface area contributed by atoms with E-state index in [1.54, 1.807) is 0 Å². The van der Waals surface area contributed by atoms with Gasteiger partial charge in [-0.3, -0.25) is 13.8 Å². The molecule has 0 aromatic rings. The Balaban J connectivity index is 2.34. The van der Waals surface area contributed by atoms with Gasteiger partial charge in [0.2, 0.25) is 0 Å². The van der Waals surface area contributed by atoms with Crippen LogP contribution in [-0.4, -0.2) is 98.9 Å². The van der Waals surface area contributed by atoms with Crippen LogP contribution in [0.3, 0.4) is 0 Å². The Morgan fingerprint density at radius 1 is 0.571 bits per heavy atom. The number of phosphoric ester groups is 1. The van der Waals surface area contributed by atoms with Crippen molar-refractivity contribution in [3.63, 3.8) is 0 Å². The standard InChI is InChI=1S/C43H81O12P/c1-3-5-7-9-11-13-14-15-16-17-18-19-20-21-22-23-25-27-29-31-33-52-34-36(54-37(44)32-30-28-26-24-12-10-8-6-4-2)35-53-56(50,51)55-43-41(48)39(46)38(45)40(47)42(43)49/h11,13,15-16,36,38-43,45-49H,3-10,12,14,17-35H2,1-2H3,(H,50,51)/b13-11-,16-15-. The minimum absolute atomic E-state index is 0.0756. The molecule has 6 atom stereocenters. The van der Waals surface area contributed by atoms with E-state index >= 15 is 0 Å². The zero-order chi connectivity index (χ0) is 41.3. The molecule has 0 aromatic carbocycles. The van der Waals surface area contributed by atoms with Gasteiger partial charge in [-0.05, 0) is 44.9 Å². The molecular weight excluding hydrogens is 739 g/mol. The number of allylic oxidation sites excluding steroid dienone is 4. The van der Waals surface area contributed by atoms with Gasteiger partial charge in [-0.25, -0.2) is 4.57 Å². The Labute approximate surface area is 339 Å². The van der Waals surface area contributed by atoms with Gasteiger partial charge in [-0.2, -0.15) is 0 Å². The lowest BCUT2D eigenvalue weighted by Gasteiger charge is -2.41. The maximum Gasteiger partial charge on any atom is 0.472 e. The number of rotatable bonds is 37. The molecule has 0 amide bonds. The van der Waals surface area contributed by atoms with Crippen LogP contribution in [0.15, 0.2) is 24.3 Å². The summed E-state index contributed by atoms with van der Waals surface area (Å²) in [5, 5.41) is 50.0. The lowest BCUT2D eigenvalue weighted by molar-refractivity contribution is -0.220. The van der Waals surface area contributed by atoms with Crippen molar-refractivity contribution in [2.24, 2.45) is 0 Å². The quantitative estimate of drug-likeness (QED) is 0.0152. The number of aliphatic hydroxyl groups is 5. The van der Waals surface area contributed by atoms with Crippen LogP contribution in [0.1, 0.15) is 181 Å². The van der Waals surface area contributed by atoms with E-state index < -0.39 is 63.1 Å². The number of unbranched alkanes of at least 4 members (excludes halogenated alkanes) is 21. The first-order valence-corrected chi connectivity index (χ1v) is 23.7. The second-order valence-electron chi connectivity index (χ2n) is 15.6. The van der Waals surface area contributed by atoms with Gasteiger partial charge < -0.3 is 39.9 Å². The summed E-state index contributed by atoms with van der Waals surface area (Å²) in [4.78, 5) is 23.0. The van der Waals surface area contributed by atoms with E-state index in [4.69, 9.17) is 18.5 Å². The summed E-state index contributed by atoms with van der Waals surface area (Å²) in [6, 6.07) is 0. The Morgan fingerprint density at radius 2 is 1.00 bits per heavy atom. The molecule has 0 heterocycles. The molecule has 1 aliphatic carbocycles. The third-order valence-corrected chi connectivity index (χ3v) is 11.3. The zero-order valence-corrected chi connectivity index (χ0v) is 35.8. The van der Waals surface area contributed by atoms with E-state index in [-0.39, 0.29) is 13.0 Å².